The molecule has 0 radical (unpaired) electrons. The first-order chi connectivity index (χ1) is 7.30. The van der Waals surface area contributed by atoms with Crippen molar-refractivity contribution in [2.75, 3.05) is 19.6 Å². The van der Waals surface area contributed by atoms with E-state index < -0.39 is 5.97 Å². The molecule has 0 amide bonds. The molecule has 1 fully saturated rings. The predicted molar refractivity (Wildman–Crippen MR) is 61.3 cm³/mol. The molecule has 0 bridgehead atoms. The number of nitrogens with zero attached hydrogens (tertiary/aromatic N) is 1. The SMILES string of the molecule is CC(C)(C)C(=O)CN1CCC[C@H](C(=O)O)C1. The minimum atomic E-state index is -0.743. The number of carboxylic acid groups (broad SMARTS) is 1. The Hall–Kier alpha value is -0.900. The van der Waals surface area contributed by atoms with Crippen molar-refractivity contribution >= 4 is 11.8 Å². The van der Waals surface area contributed by atoms with Gasteiger partial charge in [-0.2, -0.15) is 0 Å². The average molecular weight is 227 g/mol. The lowest BCUT2D eigenvalue weighted by Gasteiger charge is -2.31. The van der Waals surface area contributed by atoms with Gasteiger partial charge in [0, 0.05) is 12.0 Å². The fourth-order valence-electron chi connectivity index (χ4n) is 1.84. The zero-order valence-corrected chi connectivity index (χ0v) is 10.3. The van der Waals surface area contributed by atoms with Gasteiger partial charge in [0.15, 0.2) is 5.78 Å². The van der Waals surface area contributed by atoms with E-state index in [2.05, 4.69) is 0 Å². The van der Waals surface area contributed by atoms with E-state index in [1.807, 2.05) is 25.7 Å². The topological polar surface area (TPSA) is 57.6 Å². The van der Waals surface area contributed by atoms with Gasteiger partial charge in [-0.05, 0) is 19.4 Å². The molecule has 1 aliphatic rings. The smallest absolute Gasteiger partial charge is 0.307 e. The van der Waals surface area contributed by atoms with Gasteiger partial charge in [-0.25, -0.2) is 0 Å². The number of hydrogen-bond acceptors (Lipinski definition) is 3. The second-order valence-corrected chi connectivity index (χ2v) is 5.59. The normalized spacial score (nSPS) is 23.1. The minimum Gasteiger partial charge on any atom is -0.481 e. The van der Waals surface area contributed by atoms with E-state index >= 15 is 0 Å². The highest BCUT2D eigenvalue weighted by Gasteiger charge is 2.29. The number of piperidine rings is 1. The number of aliphatic carboxylic acids is 1. The number of carboxylic acids is 1. The largest absolute Gasteiger partial charge is 0.481 e. The Balaban J connectivity index is 2.49. The zero-order valence-electron chi connectivity index (χ0n) is 10.3. The van der Waals surface area contributed by atoms with E-state index in [1.165, 1.54) is 0 Å². The van der Waals surface area contributed by atoms with Crippen molar-refractivity contribution in [3.05, 3.63) is 0 Å². The molecule has 16 heavy (non-hydrogen) atoms. The van der Waals surface area contributed by atoms with E-state index in [9.17, 15) is 9.59 Å². The van der Waals surface area contributed by atoms with Crippen LogP contribution in [-0.2, 0) is 9.59 Å². The van der Waals surface area contributed by atoms with Crippen LogP contribution in [-0.4, -0.2) is 41.4 Å². The molecule has 1 heterocycles. The quantitative estimate of drug-likeness (QED) is 0.791. The number of likely N-dealkylation sites (tertiary alicyclic amines) is 1. The van der Waals surface area contributed by atoms with Gasteiger partial charge in [-0.3, -0.25) is 14.5 Å². The molecule has 0 saturated carbocycles. The molecule has 1 aliphatic heterocycles. The second kappa shape index (κ2) is 4.95. The fraction of sp³-hybridized carbons (Fsp3) is 0.833. The molecule has 4 nitrogen and oxygen atoms in total. The third-order valence-electron chi connectivity index (χ3n) is 3.06. The van der Waals surface area contributed by atoms with Gasteiger partial charge >= 0.3 is 5.97 Å². The van der Waals surface area contributed by atoms with Crippen LogP contribution in [0.15, 0.2) is 0 Å². The van der Waals surface area contributed by atoms with E-state index in [1.54, 1.807) is 0 Å². The summed E-state index contributed by atoms with van der Waals surface area (Å²) in [7, 11) is 0. The molecule has 1 saturated heterocycles. The molecule has 0 aromatic rings. The number of rotatable bonds is 3. The summed E-state index contributed by atoms with van der Waals surface area (Å²) in [6.45, 7) is 7.42. The summed E-state index contributed by atoms with van der Waals surface area (Å²) in [5.74, 6) is -0.868. The molecule has 1 rings (SSSR count). The Labute approximate surface area is 96.6 Å². The molecule has 0 spiro atoms. The third kappa shape index (κ3) is 3.59. The number of ketones is 1. The first-order valence-corrected chi connectivity index (χ1v) is 5.79. The lowest BCUT2D eigenvalue weighted by Crippen LogP contribution is -2.43. The molecule has 0 aliphatic carbocycles. The average Bonchev–Trinajstić information content (AvgIpc) is 2.16. The fourth-order valence-corrected chi connectivity index (χ4v) is 1.84. The highest BCUT2D eigenvalue weighted by atomic mass is 16.4. The summed E-state index contributed by atoms with van der Waals surface area (Å²) in [5, 5.41) is 8.94. The van der Waals surface area contributed by atoms with Gasteiger partial charge in [0.2, 0.25) is 0 Å². The number of carbonyl (C=O) groups is 2. The molecule has 0 unspecified atom stereocenters. The van der Waals surface area contributed by atoms with Crippen molar-refractivity contribution in [1.29, 1.82) is 0 Å². The van der Waals surface area contributed by atoms with Crippen LogP contribution in [0, 0.1) is 11.3 Å². The van der Waals surface area contributed by atoms with E-state index in [4.69, 9.17) is 5.11 Å². The maximum absolute atomic E-state index is 11.8. The van der Waals surface area contributed by atoms with Crippen molar-refractivity contribution in [3.63, 3.8) is 0 Å². The van der Waals surface area contributed by atoms with Gasteiger partial charge in [0.1, 0.15) is 0 Å². The summed E-state index contributed by atoms with van der Waals surface area (Å²) >= 11 is 0. The van der Waals surface area contributed by atoms with Gasteiger partial charge in [0.05, 0.1) is 12.5 Å². The highest BCUT2D eigenvalue weighted by molar-refractivity contribution is 5.85. The Kier molecular flexibility index (Phi) is 4.08. The summed E-state index contributed by atoms with van der Waals surface area (Å²) < 4.78 is 0. The van der Waals surface area contributed by atoms with Crippen LogP contribution in [0.2, 0.25) is 0 Å². The van der Waals surface area contributed by atoms with Crippen molar-refractivity contribution < 1.29 is 14.7 Å². The maximum Gasteiger partial charge on any atom is 0.307 e. The third-order valence-corrected chi connectivity index (χ3v) is 3.06. The molecule has 1 atom stereocenters. The van der Waals surface area contributed by atoms with Crippen LogP contribution in [0.3, 0.4) is 0 Å². The Morgan fingerprint density at radius 1 is 1.38 bits per heavy atom. The summed E-state index contributed by atoms with van der Waals surface area (Å²) in [6, 6.07) is 0. The molecule has 0 aromatic heterocycles. The van der Waals surface area contributed by atoms with Crippen molar-refractivity contribution in [2.45, 2.75) is 33.6 Å². The van der Waals surface area contributed by atoms with E-state index in [0.717, 1.165) is 19.4 Å². The molecular formula is C12H21NO3. The number of hydrogen-bond donors (Lipinski definition) is 1. The highest BCUT2D eigenvalue weighted by Crippen LogP contribution is 2.20. The van der Waals surface area contributed by atoms with Gasteiger partial charge in [0.25, 0.3) is 0 Å². The Morgan fingerprint density at radius 2 is 2.00 bits per heavy atom. The number of Topliss-reactive ketones (excluding diaryl/α,β-unsaturated/α-hetero) is 1. The summed E-state index contributed by atoms with van der Waals surface area (Å²) in [4.78, 5) is 24.7. The van der Waals surface area contributed by atoms with Crippen LogP contribution in [0.25, 0.3) is 0 Å². The molecule has 4 heteroatoms. The standard InChI is InChI=1S/C12H21NO3/c1-12(2,3)10(14)8-13-6-4-5-9(7-13)11(15)16/h9H,4-8H2,1-3H3,(H,15,16)/t9-/m0/s1. The lowest BCUT2D eigenvalue weighted by molar-refractivity contribution is -0.144. The van der Waals surface area contributed by atoms with E-state index in [0.29, 0.717) is 13.1 Å². The predicted octanol–water partition coefficient (Wildman–Crippen LogP) is 1.40. The van der Waals surface area contributed by atoms with Gasteiger partial charge in [-0.1, -0.05) is 20.8 Å². The maximum atomic E-state index is 11.8. The zero-order chi connectivity index (χ0) is 12.3. The van der Waals surface area contributed by atoms with E-state index in [-0.39, 0.29) is 17.1 Å². The van der Waals surface area contributed by atoms with Crippen molar-refractivity contribution in [1.82, 2.24) is 4.90 Å². The van der Waals surface area contributed by atoms with Crippen LogP contribution in [0.1, 0.15) is 33.6 Å². The first kappa shape index (κ1) is 13.2. The minimum absolute atomic E-state index is 0.179. The molecule has 0 aromatic carbocycles. The van der Waals surface area contributed by atoms with Gasteiger partial charge < -0.3 is 5.11 Å². The van der Waals surface area contributed by atoms with Crippen molar-refractivity contribution in [3.8, 4) is 0 Å². The molecule has 1 N–H and O–H groups in total. The Morgan fingerprint density at radius 3 is 2.50 bits per heavy atom. The first-order valence-electron chi connectivity index (χ1n) is 5.79. The molecular weight excluding hydrogens is 206 g/mol. The molecule has 92 valence electrons. The lowest BCUT2D eigenvalue weighted by atomic mass is 9.89. The van der Waals surface area contributed by atoms with Gasteiger partial charge in [-0.15, -0.1) is 0 Å². The Bertz CT molecular complexity index is 280. The van der Waals surface area contributed by atoms with Crippen LogP contribution >= 0.6 is 0 Å². The van der Waals surface area contributed by atoms with Crippen molar-refractivity contribution in [2.24, 2.45) is 11.3 Å². The van der Waals surface area contributed by atoms with Crippen LogP contribution < -0.4 is 0 Å². The summed E-state index contributed by atoms with van der Waals surface area (Å²) in [5.41, 5.74) is -0.337. The second-order valence-electron chi connectivity index (χ2n) is 5.59. The van der Waals surface area contributed by atoms with Crippen LogP contribution in [0.5, 0.6) is 0 Å². The monoisotopic (exact) mass is 227 g/mol. The van der Waals surface area contributed by atoms with Crippen LogP contribution in [0.4, 0.5) is 0 Å². The number of carbonyl (C=O) groups excluding carboxylic acids is 1. The summed E-state index contributed by atoms with van der Waals surface area (Å²) in [6.07, 6.45) is 1.60.